The van der Waals surface area contributed by atoms with Crippen molar-refractivity contribution in [3.8, 4) is 11.5 Å². The first kappa shape index (κ1) is 23.4. The molecule has 0 aliphatic rings. The van der Waals surface area contributed by atoms with Crippen molar-refractivity contribution in [1.29, 1.82) is 0 Å². The lowest BCUT2D eigenvalue weighted by molar-refractivity contribution is -0.385. The van der Waals surface area contributed by atoms with Crippen LogP contribution in [0, 0.1) is 10.1 Å². The maximum Gasteiger partial charge on any atom is 0.286 e. The minimum atomic E-state index is -3.82. The molecule has 0 saturated carbocycles. The Balaban J connectivity index is 2.08. The van der Waals surface area contributed by atoms with E-state index in [1.54, 1.807) is 13.0 Å². The molecule has 162 valence electrons. The Morgan fingerprint density at radius 3 is 2.53 bits per heavy atom. The van der Waals surface area contributed by atoms with Gasteiger partial charge in [0.1, 0.15) is 5.56 Å². The van der Waals surface area contributed by atoms with Crippen LogP contribution in [0.4, 0.5) is 5.69 Å². The standard InChI is InChI=1S/C18H20ClN3O7S/c1-3-29-17-11-15(22(24)25)14(10-16(17)28-2)18(23)20-7-8-21-30(26,27)13-6-4-5-12(19)9-13/h4-6,9-11,21H,3,7-8H2,1-2H3,(H,20,23). The van der Waals surface area contributed by atoms with E-state index in [2.05, 4.69) is 10.0 Å². The average Bonchev–Trinajstić information content (AvgIpc) is 2.71. The van der Waals surface area contributed by atoms with Crippen LogP contribution >= 0.6 is 11.6 Å². The first-order valence-corrected chi connectivity index (χ1v) is 10.6. The van der Waals surface area contributed by atoms with Gasteiger partial charge in [-0.2, -0.15) is 0 Å². The largest absolute Gasteiger partial charge is 0.493 e. The van der Waals surface area contributed by atoms with Crippen LogP contribution in [0.2, 0.25) is 5.02 Å². The summed E-state index contributed by atoms with van der Waals surface area (Å²) in [6.45, 7) is 1.72. The third-order valence-corrected chi connectivity index (χ3v) is 5.53. The van der Waals surface area contributed by atoms with Crippen LogP contribution < -0.4 is 19.5 Å². The van der Waals surface area contributed by atoms with Gasteiger partial charge in [-0.3, -0.25) is 14.9 Å². The summed E-state index contributed by atoms with van der Waals surface area (Å²) in [5.74, 6) is -0.461. The number of nitrogens with zero attached hydrogens (tertiary/aromatic N) is 1. The van der Waals surface area contributed by atoms with Crippen LogP contribution in [-0.4, -0.2) is 46.1 Å². The van der Waals surface area contributed by atoms with Crippen molar-refractivity contribution in [2.45, 2.75) is 11.8 Å². The van der Waals surface area contributed by atoms with Gasteiger partial charge in [0.2, 0.25) is 10.0 Å². The molecule has 0 bridgehead atoms. The lowest BCUT2D eigenvalue weighted by atomic mass is 10.1. The summed E-state index contributed by atoms with van der Waals surface area (Å²) in [5.41, 5.74) is -0.700. The molecule has 0 aliphatic heterocycles. The van der Waals surface area contributed by atoms with Gasteiger partial charge in [-0.25, -0.2) is 13.1 Å². The molecule has 2 aromatic carbocycles. The predicted molar refractivity (Wildman–Crippen MR) is 110 cm³/mol. The summed E-state index contributed by atoms with van der Waals surface area (Å²) in [4.78, 5) is 23.1. The van der Waals surface area contributed by atoms with E-state index in [9.17, 15) is 23.3 Å². The second kappa shape index (κ2) is 10.2. The molecule has 1 amide bonds. The van der Waals surface area contributed by atoms with Crippen molar-refractivity contribution in [1.82, 2.24) is 10.0 Å². The fourth-order valence-corrected chi connectivity index (χ4v) is 3.82. The smallest absolute Gasteiger partial charge is 0.286 e. The highest BCUT2D eigenvalue weighted by Crippen LogP contribution is 2.34. The Hall–Kier alpha value is -2.89. The van der Waals surface area contributed by atoms with Crippen LogP contribution in [0.5, 0.6) is 11.5 Å². The van der Waals surface area contributed by atoms with Crippen molar-refractivity contribution >= 4 is 33.2 Å². The molecule has 12 heteroatoms. The van der Waals surface area contributed by atoms with Crippen molar-refractivity contribution in [2.24, 2.45) is 0 Å². The highest BCUT2D eigenvalue weighted by atomic mass is 35.5. The van der Waals surface area contributed by atoms with E-state index in [1.165, 1.54) is 31.4 Å². The van der Waals surface area contributed by atoms with Gasteiger partial charge < -0.3 is 14.8 Å². The number of hydrogen-bond donors (Lipinski definition) is 2. The second-order valence-electron chi connectivity index (χ2n) is 5.82. The van der Waals surface area contributed by atoms with Crippen molar-refractivity contribution < 1.29 is 27.6 Å². The third kappa shape index (κ3) is 5.81. The topological polar surface area (TPSA) is 137 Å². The van der Waals surface area contributed by atoms with Crippen LogP contribution in [0.25, 0.3) is 0 Å². The number of carbonyl (C=O) groups is 1. The summed E-state index contributed by atoms with van der Waals surface area (Å²) in [7, 11) is -2.48. The number of ether oxygens (including phenoxy) is 2. The maximum atomic E-state index is 12.4. The predicted octanol–water partition coefficient (Wildman–Crippen LogP) is 2.36. The average molecular weight is 458 g/mol. The molecule has 2 rings (SSSR count). The van der Waals surface area contributed by atoms with Crippen molar-refractivity contribution in [3.63, 3.8) is 0 Å². The minimum absolute atomic E-state index is 0.0202. The molecule has 0 fully saturated rings. The summed E-state index contributed by atoms with van der Waals surface area (Å²) in [5, 5.41) is 14.1. The molecule has 2 aromatic rings. The normalized spacial score (nSPS) is 11.0. The molecule has 0 aromatic heterocycles. The van der Waals surface area contributed by atoms with Crippen molar-refractivity contribution in [2.75, 3.05) is 26.8 Å². The van der Waals surface area contributed by atoms with E-state index in [1.807, 2.05) is 0 Å². The number of amides is 1. The molecule has 0 saturated heterocycles. The maximum absolute atomic E-state index is 12.4. The first-order valence-electron chi connectivity index (χ1n) is 8.72. The molecule has 0 radical (unpaired) electrons. The molecule has 0 aliphatic carbocycles. The molecule has 10 nitrogen and oxygen atoms in total. The third-order valence-electron chi connectivity index (χ3n) is 3.83. The van der Waals surface area contributed by atoms with Crippen LogP contribution in [-0.2, 0) is 10.0 Å². The number of nitro groups is 1. The number of rotatable bonds is 10. The molecule has 2 N–H and O–H groups in total. The molecule has 30 heavy (non-hydrogen) atoms. The van der Waals surface area contributed by atoms with Crippen molar-refractivity contribution in [3.05, 3.63) is 57.1 Å². The Labute approximate surface area is 178 Å². The zero-order valence-corrected chi connectivity index (χ0v) is 17.7. The molecule has 0 heterocycles. The SMILES string of the molecule is CCOc1cc([N+](=O)[O-])c(C(=O)NCCNS(=O)(=O)c2cccc(Cl)c2)cc1OC. The van der Waals surface area contributed by atoms with E-state index in [4.69, 9.17) is 21.1 Å². The van der Waals surface area contributed by atoms with E-state index in [0.29, 0.717) is 0 Å². The van der Waals surface area contributed by atoms with E-state index in [-0.39, 0.29) is 46.7 Å². The van der Waals surface area contributed by atoms with E-state index < -0.39 is 26.5 Å². The fraction of sp³-hybridized carbons (Fsp3) is 0.278. The number of carbonyl (C=O) groups excluding carboxylic acids is 1. The van der Waals surface area contributed by atoms with Gasteiger partial charge in [-0.1, -0.05) is 17.7 Å². The number of sulfonamides is 1. The lowest BCUT2D eigenvalue weighted by Gasteiger charge is -2.12. The zero-order chi connectivity index (χ0) is 22.3. The summed E-state index contributed by atoms with van der Waals surface area (Å²) >= 11 is 5.79. The fourth-order valence-electron chi connectivity index (χ4n) is 2.48. The number of benzene rings is 2. The Kier molecular flexibility index (Phi) is 7.98. The van der Waals surface area contributed by atoms with Gasteiger partial charge in [-0.15, -0.1) is 0 Å². The Bertz CT molecular complexity index is 1040. The summed E-state index contributed by atoms with van der Waals surface area (Å²) < 4.78 is 37.2. The summed E-state index contributed by atoms with van der Waals surface area (Å²) in [6, 6.07) is 8.02. The van der Waals surface area contributed by atoms with Gasteiger partial charge in [0.15, 0.2) is 11.5 Å². The number of methoxy groups -OCH3 is 1. The van der Waals surface area contributed by atoms with Crippen LogP contribution in [0.15, 0.2) is 41.3 Å². The highest BCUT2D eigenvalue weighted by Gasteiger charge is 2.24. The second-order valence-corrected chi connectivity index (χ2v) is 8.02. The number of nitrogens with one attached hydrogen (secondary N) is 2. The monoisotopic (exact) mass is 457 g/mol. The minimum Gasteiger partial charge on any atom is -0.493 e. The number of nitro benzene ring substituents is 1. The Morgan fingerprint density at radius 2 is 1.93 bits per heavy atom. The highest BCUT2D eigenvalue weighted by molar-refractivity contribution is 7.89. The number of halogens is 1. The molecule has 0 unspecified atom stereocenters. The van der Waals surface area contributed by atoms with E-state index in [0.717, 1.165) is 6.07 Å². The van der Waals surface area contributed by atoms with Gasteiger partial charge in [-0.05, 0) is 25.1 Å². The first-order chi connectivity index (χ1) is 14.2. The zero-order valence-electron chi connectivity index (χ0n) is 16.2. The lowest BCUT2D eigenvalue weighted by Crippen LogP contribution is -2.35. The van der Waals surface area contributed by atoms with Gasteiger partial charge in [0.05, 0.1) is 29.6 Å². The number of hydrogen-bond acceptors (Lipinski definition) is 7. The summed E-state index contributed by atoms with van der Waals surface area (Å²) in [6.07, 6.45) is 0. The van der Waals surface area contributed by atoms with Crippen LogP contribution in [0.1, 0.15) is 17.3 Å². The quantitative estimate of drug-likeness (QED) is 0.317. The molecular formula is C18H20ClN3O7S. The van der Waals surface area contributed by atoms with Gasteiger partial charge in [0.25, 0.3) is 11.6 Å². The van der Waals surface area contributed by atoms with Gasteiger partial charge in [0, 0.05) is 24.2 Å². The van der Waals surface area contributed by atoms with Gasteiger partial charge >= 0.3 is 0 Å². The van der Waals surface area contributed by atoms with E-state index >= 15 is 0 Å². The van der Waals surface area contributed by atoms with Crippen LogP contribution in [0.3, 0.4) is 0 Å². The molecule has 0 atom stereocenters. The molecule has 0 spiro atoms. The molecular weight excluding hydrogens is 438 g/mol. The Morgan fingerprint density at radius 1 is 1.20 bits per heavy atom.